The van der Waals surface area contributed by atoms with Crippen molar-refractivity contribution in [2.45, 2.75) is 32.1 Å². The number of nitro groups is 1. The van der Waals surface area contributed by atoms with Crippen molar-refractivity contribution in [2.24, 2.45) is 0 Å². The van der Waals surface area contributed by atoms with Crippen molar-refractivity contribution in [3.05, 3.63) is 69.3 Å². The highest BCUT2D eigenvalue weighted by Gasteiger charge is 2.54. The molecule has 0 bridgehead atoms. The average molecular weight is 445 g/mol. The van der Waals surface area contributed by atoms with Crippen molar-refractivity contribution >= 4 is 11.6 Å². The minimum atomic E-state index is -3.55. The first-order chi connectivity index (χ1) is 14.5. The number of furan rings is 1. The highest BCUT2D eigenvalue weighted by Crippen LogP contribution is 2.35. The lowest BCUT2D eigenvalue weighted by Gasteiger charge is -2.30. The monoisotopic (exact) mass is 445 g/mol. The van der Waals surface area contributed by atoms with Gasteiger partial charge in [-0.1, -0.05) is 6.07 Å². The van der Waals surface area contributed by atoms with Crippen LogP contribution >= 0.6 is 0 Å². The Labute approximate surface area is 171 Å². The molecule has 166 valence electrons. The molecule has 1 aliphatic rings. The molecule has 13 heteroatoms. The van der Waals surface area contributed by atoms with E-state index >= 15 is 0 Å². The highest BCUT2D eigenvalue weighted by atomic mass is 19.3. The molecular weight excluding hydrogens is 430 g/mol. The molecule has 0 aliphatic carbocycles. The lowest BCUT2D eigenvalue weighted by atomic mass is 10.1. The van der Waals surface area contributed by atoms with Gasteiger partial charge in [0, 0.05) is 6.07 Å². The number of alkyl halides is 2. The van der Waals surface area contributed by atoms with Gasteiger partial charge in [0.25, 0.3) is 12.5 Å². The fraction of sp³-hybridized carbons (Fsp3) is 0.278. The number of carbonyl (C=O) groups is 1. The molecule has 31 heavy (non-hydrogen) atoms. The lowest BCUT2D eigenvalue weighted by molar-refractivity contribution is -0.386. The fourth-order valence-corrected chi connectivity index (χ4v) is 2.84. The summed E-state index contributed by atoms with van der Waals surface area (Å²) >= 11 is 0. The van der Waals surface area contributed by atoms with Gasteiger partial charge in [-0.2, -0.15) is 8.78 Å². The number of hydrogen-bond acceptors (Lipinski definition) is 7. The molecule has 0 radical (unpaired) electrons. The fourth-order valence-electron chi connectivity index (χ4n) is 2.84. The molecule has 0 saturated carbocycles. The van der Waals surface area contributed by atoms with E-state index < -0.39 is 46.9 Å². The summed E-state index contributed by atoms with van der Waals surface area (Å²) < 4.78 is 62.7. The van der Waals surface area contributed by atoms with Crippen LogP contribution < -0.4 is 10.2 Å². The molecule has 1 unspecified atom stereocenters. The standard InChI is InChI=1S/C18H15F4N3O6/c1-9-2-4-13(12(6-9)25(28)29)30-8-10-3-5-14(31-10)16(26)24-18(27,17(21)22)7-11(23-24)15(19)20/h2-6,17,23,27H,7-8H2,1H3. The van der Waals surface area contributed by atoms with Gasteiger partial charge >= 0.3 is 11.6 Å². The Kier molecular flexibility index (Phi) is 5.88. The number of nitro benzene ring substituents is 1. The second-order valence-corrected chi connectivity index (χ2v) is 6.63. The third-order valence-electron chi connectivity index (χ3n) is 4.41. The molecule has 1 amide bonds. The number of amides is 1. The number of ether oxygens (including phenoxy) is 1. The van der Waals surface area contributed by atoms with Gasteiger partial charge in [-0.3, -0.25) is 20.3 Å². The van der Waals surface area contributed by atoms with Crippen LogP contribution in [0.15, 0.2) is 46.5 Å². The molecule has 1 aliphatic heterocycles. The Morgan fingerprint density at radius 3 is 2.71 bits per heavy atom. The van der Waals surface area contributed by atoms with E-state index in [0.29, 0.717) is 5.56 Å². The summed E-state index contributed by atoms with van der Waals surface area (Å²) in [5.41, 5.74) is -2.13. The Balaban J connectivity index is 1.77. The van der Waals surface area contributed by atoms with E-state index in [0.717, 1.165) is 6.07 Å². The minimum Gasteiger partial charge on any atom is -0.479 e. The summed E-state index contributed by atoms with van der Waals surface area (Å²) in [5.74, 6) is -1.96. The number of aliphatic hydroxyl groups is 1. The topological polar surface area (TPSA) is 118 Å². The van der Waals surface area contributed by atoms with Crippen LogP contribution in [0.1, 0.15) is 28.3 Å². The minimum absolute atomic E-state index is 0.00885. The van der Waals surface area contributed by atoms with E-state index in [1.165, 1.54) is 18.2 Å². The van der Waals surface area contributed by atoms with Crippen molar-refractivity contribution in [2.75, 3.05) is 0 Å². The quantitative estimate of drug-likeness (QED) is 0.397. The Bertz CT molecular complexity index is 1050. The second kappa shape index (κ2) is 8.26. The molecule has 1 atom stereocenters. The van der Waals surface area contributed by atoms with E-state index in [1.807, 2.05) is 0 Å². The van der Waals surface area contributed by atoms with E-state index in [4.69, 9.17) is 9.15 Å². The molecule has 9 nitrogen and oxygen atoms in total. The van der Waals surface area contributed by atoms with Crippen molar-refractivity contribution in [1.29, 1.82) is 0 Å². The van der Waals surface area contributed by atoms with Crippen LogP contribution in [0.5, 0.6) is 5.75 Å². The Morgan fingerprint density at radius 1 is 1.39 bits per heavy atom. The van der Waals surface area contributed by atoms with Crippen LogP contribution in [0.25, 0.3) is 0 Å². The average Bonchev–Trinajstić information content (AvgIpc) is 3.32. The van der Waals surface area contributed by atoms with Gasteiger partial charge in [0.05, 0.1) is 11.3 Å². The van der Waals surface area contributed by atoms with Gasteiger partial charge in [-0.05, 0) is 30.7 Å². The summed E-state index contributed by atoms with van der Waals surface area (Å²) in [7, 11) is 0. The van der Waals surface area contributed by atoms with Crippen LogP contribution in [0.4, 0.5) is 23.2 Å². The number of hydrogen-bond donors (Lipinski definition) is 2. The molecule has 1 aromatic carbocycles. The molecule has 2 N–H and O–H groups in total. The van der Waals surface area contributed by atoms with Gasteiger partial charge in [0.15, 0.2) is 11.5 Å². The van der Waals surface area contributed by atoms with E-state index in [9.17, 15) is 37.6 Å². The first-order valence-corrected chi connectivity index (χ1v) is 8.65. The van der Waals surface area contributed by atoms with Gasteiger partial charge < -0.3 is 14.3 Å². The number of carbonyl (C=O) groups excluding carboxylic acids is 1. The molecule has 1 fully saturated rings. The molecular formula is C18H15F4N3O6. The predicted octanol–water partition coefficient (Wildman–Crippen LogP) is 3.49. The first kappa shape index (κ1) is 22.1. The SMILES string of the molecule is Cc1ccc(OCc2ccc(C(=O)N3NC(=C(F)F)CC3(O)C(F)F)o2)c([N+](=O)[O-])c1. The number of nitrogens with one attached hydrogen (secondary N) is 1. The van der Waals surface area contributed by atoms with Crippen molar-refractivity contribution in [3.8, 4) is 5.75 Å². The van der Waals surface area contributed by atoms with Crippen molar-refractivity contribution in [1.82, 2.24) is 10.4 Å². The summed E-state index contributed by atoms with van der Waals surface area (Å²) in [6, 6.07) is 6.55. The maximum absolute atomic E-state index is 13.3. The second-order valence-electron chi connectivity index (χ2n) is 6.63. The van der Waals surface area contributed by atoms with E-state index in [-0.39, 0.29) is 28.8 Å². The maximum Gasteiger partial charge on any atom is 0.311 e. The van der Waals surface area contributed by atoms with Crippen LogP contribution in [0.2, 0.25) is 0 Å². The van der Waals surface area contributed by atoms with E-state index in [2.05, 4.69) is 0 Å². The maximum atomic E-state index is 13.3. The summed E-state index contributed by atoms with van der Waals surface area (Å²) in [6.07, 6.45) is -7.12. The third kappa shape index (κ3) is 4.30. The number of benzene rings is 1. The lowest BCUT2D eigenvalue weighted by Crippen LogP contribution is -2.55. The zero-order chi connectivity index (χ0) is 22.9. The van der Waals surface area contributed by atoms with Gasteiger partial charge in [0.1, 0.15) is 18.1 Å². The number of nitrogens with zero attached hydrogens (tertiary/aromatic N) is 2. The smallest absolute Gasteiger partial charge is 0.311 e. The molecule has 0 spiro atoms. The first-order valence-electron chi connectivity index (χ1n) is 8.65. The Morgan fingerprint density at radius 2 is 2.10 bits per heavy atom. The van der Waals surface area contributed by atoms with Crippen LogP contribution in [-0.2, 0) is 6.61 Å². The summed E-state index contributed by atoms with van der Waals surface area (Å²) in [6.45, 7) is 1.30. The number of halogens is 4. The Hall–Kier alpha value is -3.61. The van der Waals surface area contributed by atoms with Gasteiger partial charge in [-0.25, -0.2) is 13.8 Å². The summed E-state index contributed by atoms with van der Waals surface area (Å²) in [4.78, 5) is 23.0. The zero-order valence-corrected chi connectivity index (χ0v) is 15.8. The molecule has 3 rings (SSSR count). The largest absolute Gasteiger partial charge is 0.479 e. The number of hydrazine groups is 1. The van der Waals surface area contributed by atoms with E-state index in [1.54, 1.807) is 18.4 Å². The number of rotatable bonds is 6. The van der Waals surface area contributed by atoms with Crippen molar-refractivity contribution in [3.63, 3.8) is 0 Å². The molecule has 1 aromatic heterocycles. The molecule has 1 saturated heterocycles. The van der Waals surface area contributed by atoms with Gasteiger partial charge in [0.2, 0.25) is 5.72 Å². The van der Waals surface area contributed by atoms with Crippen molar-refractivity contribution < 1.29 is 41.5 Å². The van der Waals surface area contributed by atoms with Crippen LogP contribution in [-0.4, -0.2) is 33.1 Å². The molecule has 2 aromatic rings. The normalized spacial score (nSPS) is 18.3. The summed E-state index contributed by atoms with van der Waals surface area (Å²) in [5, 5.41) is 21.1. The van der Waals surface area contributed by atoms with Crippen LogP contribution in [0.3, 0.4) is 0 Å². The number of aryl methyl sites for hydroxylation is 1. The van der Waals surface area contributed by atoms with Crippen LogP contribution in [0, 0.1) is 17.0 Å². The zero-order valence-electron chi connectivity index (χ0n) is 15.8. The highest BCUT2D eigenvalue weighted by molar-refractivity contribution is 5.92. The predicted molar refractivity (Wildman–Crippen MR) is 95.0 cm³/mol. The van der Waals surface area contributed by atoms with Gasteiger partial charge in [-0.15, -0.1) is 0 Å². The molecule has 2 heterocycles. The third-order valence-corrected chi connectivity index (χ3v) is 4.41.